The van der Waals surface area contributed by atoms with Crippen LogP contribution in [-0.4, -0.2) is 159 Å². The quantitative estimate of drug-likeness (QED) is 0.0732. The van der Waals surface area contributed by atoms with Crippen LogP contribution < -0.4 is 25.2 Å². The Hall–Kier alpha value is -6.87. The fourth-order valence-corrected chi connectivity index (χ4v) is 14.2. The van der Waals surface area contributed by atoms with E-state index < -0.39 is 11.5 Å². The average Bonchev–Trinajstić information content (AvgIpc) is 1.76. The van der Waals surface area contributed by atoms with E-state index in [9.17, 15) is 14.7 Å². The first kappa shape index (κ1) is 58.9. The number of phenolic OH excluding ortho intramolecular Hbond substituents is 1. The van der Waals surface area contributed by atoms with Crippen molar-refractivity contribution in [3.8, 4) is 33.5 Å². The SMILES string of the molecule is CCc1cccc2cc(O)cc(-c3ncc4c(N5CC6CCC(C5)N6)nc(OCCN5CCC(F)(CN6CCN(c7cc(C(C(=O)N8CCCC8C)C(C)C)on7)C(C)C6)CC5)nc4c3F)c12.Cc1ncsc1-c1ccc(C(C)NC=O)cc1. The molecule has 3 aromatic carbocycles. The Morgan fingerprint density at radius 1 is 0.952 bits per heavy atom. The van der Waals surface area contributed by atoms with E-state index in [0.717, 1.165) is 91.6 Å². The summed E-state index contributed by atoms with van der Waals surface area (Å²) >= 11 is 1.64. The van der Waals surface area contributed by atoms with E-state index in [1.807, 2.05) is 60.7 Å². The topological polar surface area (TPSA) is 181 Å². The van der Waals surface area contributed by atoms with Crippen molar-refractivity contribution in [2.24, 2.45) is 5.92 Å². The van der Waals surface area contributed by atoms with Crippen molar-refractivity contribution in [3.05, 3.63) is 101 Å². The van der Waals surface area contributed by atoms with Crippen LogP contribution in [0, 0.1) is 18.7 Å². The molecule has 5 saturated heterocycles. The summed E-state index contributed by atoms with van der Waals surface area (Å²) in [6.45, 7) is 21.2. The van der Waals surface area contributed by atoms with Gasteiger partial charge in [-0.15, -0.1) is 11.3 Å². The molecule has 4 aromatic heterocycles. The molecule has 6 atom stereocenters. The zero-order valence-corrected chi connectivity index (χ0v) is 50.3. The van der Waals surface area contributed by atoms with Gasteiger partial charge in [0.1, 0.15) is 41.0 Å². The third-order valence-electron chi connectivity index (χ3n) is 18.1. The Morgan fingerprint density at radius 3 is 2.40 bits per heavy atom. The molecule has 2 amide bonds. The highest BCUT2D eigenvalue weighted by Gasteiger charge is 2.40. The predicted molar refractivity (Wildman–Crippen MR) is 326 cm³/mol. The van der Waals surface area contributed by atoms with Crippen molar-refractivity contribution in [3.63, 3.8) is 0 Å². The maximum atomic E-state index is 17.1. The molecule has 0 spiro atoms. The van der Waals surface area contributed by atoms with Crippen molar-refractivity contribution >= 4 is 57.0 Å². The van der Waals surface area contributed by atoms with Crippen molar-refractivity contribution in [1.82, 2.24) is 50.4 Å². The van der Waals surface area contributed by atoms with E-state index in [0.29, 0.717) is 93.3 Å². The smallest absolute Gasteiger partial charge is 0.319 e. The molecule has 9 heterocycles. The van der Waals surface area contributed by atoms with Crippen LogP contribution in [0.1, 0.15) is 115 Å². The number of rotatable bonds is 17. The average molecular weight is 1170 g/mol. The lowest BCUT2D eigenvalue weighted by Gasteiger charge is -2.44. The summed E-state index contributed by atoms with van der Waals surface area (Å²) in [5.74, 6) is 1.23. The largest absolute Gasteiger partial charge is 0.508 e. The van der Waals surface area contributed by atoms with Gasteiger partial charge in [-0.2, -0.15) is 9.97 Å². The van der Waals surface area contributed by atoms with Crippen LogP contribution in [0.4, 0.5) is 20.4 Å². The molecular formula is C64H80F2N12O5S. The van der Waals surface area contributed by atoms with E-state index >= 15 is 8.78 Å². The minimum Gasteiger partial charge on any atom is -0.508 e. The monoisotopic (exact) mass is 1170 g/mol. The number of ether oxygens (including phenoxy) is 1. The summed E-state index contributed by atoms with van der Waals surface area (Å²) in [6, 6.07) is 20.4. The number of aromatic hydroxyl groups is 1. The number of amides is 2. The van der Waals surface area contributed by atoms with Crippen LogP contribution in [0.2, 0.25) is 0 Å². The molecule has 0 aliphatic carbocycles. The zero-order valence-electron chi connectivity index (χ0n) is 49.5. The van der Waals surface area contributed by atoms with E-state index in [4.69, 9.17) is 24.2 Å². The summed E-state index contributed by atoms with van der Waals surface area (Å²) in [4.78, 5) is 54.6. The number of fused-ring (bicyclic) bond motifs is 4. The summed E-state index contributed by atoms with van der Waals surface area (Å²) in [5, 5.41) is 23.8. The minimum atomic E-state index is -1.31. The number of hydrogen-bond donors (Lipinski definition) is 3. The number of piperazine rings is 2. The Bertz CT molecular complexity index is 3430. The lowest BCUT2D eigenvalue weighted by atomic mass is 9.91. The van der Waals surface area contributed by atoms with Crippen molar-refractivity contribution in [1.29, 1.82) is 0 Å². The van der Waals surface area contributed by atoms with Gasteiger partial charge in [0.05, 0.1) is 27.5 Å². The molecular weight excluding hydrogens is 1090 g/mol. The molecule has 84 heavy (non-hydrogen) atoms. The number of hydrogen-bond acceptors (Lipinski definition) is 16. The number of nitrogens with one attached hydrogen (secondary N) is 2. The van der Waals surface area contributed by atoms with E-state index in [-0.39, 0.29) is 65.4 Å². The van der Waals surface area contributed by atoms with Crippen molar-refractivity contribution in [2.45, 2.75) is 135 Å². The number of phenols is 1. The number of thiazole rings is 1. The van der Waals surface area contributed by atoms with Gasteiger partial charge in [-0.05, 0) is 118 Å². The van der Waals surface area contributed by atoms with E-state index in [1.165, 1.54) is 10.4 Å². The number of aryl methyl sites for hydroxylation is 2. The third kappa shape index (κ3) is 12.6. The van der Waals surface area contributed by atoms with Gasteiger partial charge in [0, 0.05) is 107 Å². The molecule has 20 heteroatoms. The fourth-order valence-electron chi connectivity index (χ4n) is 13.4. The number of carbonyl (C=O) groups is 2. The summed E-state index contributed by atoms with van der Waals surface area (Å²) in [5.41, 5.74) is 5.67. The van der Waals surface area contributed by atoms with Crippen molar-refractivity contribution < 1.29 is 32.7 Å². The molecule has 17 nitrogen and oxygen atoms in total. The first-order chi connectivity index (χ1) is 40.6. The number of alkyl halides is 1. The highest BCUT2D eigenvalue weighted by molar-refractivity contribution is 7.13. The molecule has 2 bridgehead atoms. The number of likely N-dealkylation sites (tertiary alicyclic amines) is 2. The number of aromatic nitrogens is 5. The first-order valence-corrected chi connectivity index (χ1v) is 31.1. The molecule has 0 saturated carbocycles. The van der Waals surface area contributed by atoms with Crippen LogP contribution in [0.25, 0.3) is 43.4 Å². The standard InChI is InChI=1S/C51H66F2N10O4.C13H14N2OS/c1-6-34-10-7-11-35-23-38(64)24-39(44(34)35)46-45(52)47-40(26-54-46)48(61-28-36-12-13-37(29-61)55-36)57-50(56-47)66-22-21-59-17-14-51(53,15-18-59)30-60-19-20-62(33(5)27-60)42-25-41(67-58-42)43(31(2)3)49(65)63-16-8-9-32(63)4;1-9(14-7-16)11-3-5-12(6-4-11)13-10(2)15-8-17-13/h7,10-11,23-26,31-33,36-37,43,55,64H,6,8-9,12-22,27-30H2,1-5H3;3-9H,1-2H3,(H,14,16). The lowest BCUT2D eigenvalue weighted by molar-refractivity contribution is -0.135. The van der Waals surface area contributed by atoms with Crippen LogP contribution in [0.15, 0.2) is 76.9 Å². The minimum absolute atomic E-state index is 0.0348. The summed E-state index contributed by atoms with van der Waals surface area (Å²) in [7, 11) is 0. The fraction of sp³-hybridized carbons (Fsp3) is 0.516. The molecule has 5 fully saturated rings. The molecule has 5 aliphatic heterocycles. The number of nitrogens with zero attached hydrogens (tertiary/aromatic N) is 10. The number of benzene rings is 3. The van der Waals surface area contributed by atoms with Gasteiger partial charge in [0.25, 0.3) is 0 Å². The number of anilines is 2. The van der Waals surface area contributed by atoms with E-state index in [2.05, 4.69) is 87.1 Å². The van der Waals surface area contributed by atoms with Crippen molar-refractivity contribution in [2.75, 3.05) is 81.9 Å². The Morgan fingerprint density at radius 2 is 1.73 bits per heavy atom. The van der Waals surface area contributed by atoms with Crippen LogP contribution in [-0.2, 0) is 16.0 Å². The molecule has 3 N–H and O–H groups in total. The molecule has 12 rings (SSSR count). The van der Waals surface area contributed by atoms with E-state index in [1.54, 1.807) is 29.7 Å². The molecule has 446 valence electrons. The maximum Gasteiger partial charge on any atom is 0.319 e. The van der Waals surface area contributed by atoms with Gasteiger partial charge in [-0.25, -0.2) is 13.8 Å². The summed E-state index contributed by atoms with van der Waals surface area (Å²) in [6.07, 6.45) is 8.17. The Labute approximate surface area is 495 Å². The van der Waals surface area contributed by atoms with Gasteiger partial charge in [-0.3, -0.25) is 24.4 Å². The van der Waals surface area contributed by atoms with Gasteiger partial charge in [0.15, 0.2) is 17.4 Å². The van der Waals surface area contributed by atoms with Gasteiger partial charge >= 0.3 is 6.01 Å². The highest BCUT2D eigenvalue weighted by Crippen LogP contribution is 2.40. The first-order valence-electron chi connectivity index (χ1n) is 30.2. The predicted octanol–water partition coefficient (Wildman–Crippen LogP) is 10.3. The second-order valence-corrected chi connectivity index (χ2v) is 25.1. The molecule has 6 unspecified atom stereocenters. The van der Waals surface area contributed by atoms with Gasteiger partial charge < -0.3 is 39.7 Å². The second kappa shape index (κ2) is 25.4. The number of carbonyl (C=O) groups excluding carboxylic acids is 2. The van der Waals surface area contributed by atoms with Gasteiger partial charge in [-0.1, -0.05) is 68.4 Å². The zero-order chi connectivity index (χ0) is 58.8. The Balaban J connectivity index is 0.000000371. The number of piperidine rings is 1. The van der Waals surface area contributed by atoms with Crippen LogP contribution in [0.3, 0.4) is 0 Å². The van der Waals surface area contributed by atoms with Crippen LogP contribution >= 0.6 is 11.3 Å². The maximum absolute atomic E-state index is 17.1. The highest BCUT2D eigenvalue weighted by atomic mass is 32.1. The normalized spacial score (nSPS) is 21.7. The van der Waals surface area contributed by atoms with Gasteiger partial charge in [0.2, 0.25) is 12.3 Å². The third-order valence-corrected chi connectivity index (χ3v) is 19.1. The molecule has 7 aromatic rings. The number of pyridine rings is 1. The molecule has 0 radical (unpaired) electrons. The molecule has 5 aliphatic rings. The second-order valence-electron chi connectivity index (χ2n) is 24.3. The summed E-state index contributed by atoms with van der Waals surface area (Å²) < 4.78 is 45.8. The Kier molecular flexibility index (Phi) is 17.8. The van der Waals surface area contributed by atoms with Crippen LogP contribution in [0.5, 0.6) is 11.8 Å². The lowest BCUT2D eigenvalue weighted by Crippen LogP contribution is -2.56. The number of halogens is 2.